The fourth-order valence-electron chi connectivity index (χ4n) is 2.48. The third kappa shape index (κ3) is 12.4. The Labute approximate surface area is 124 Å². The molecule has 0 saturated heterocycles. The smallest absolute Gasteiger partial charge is 0.355 e. The second-order valence-corrected chi connectivity index (χ2v) is 6.45. The zero-order valence-electron chi connectivity index (χ0n) is 13.7. The molecule has 0 aromatic heterocycles. The maximum absolute atomic E-state index is 11.0. The van der Waals surface area contributed by atoms with Crippen molar-refractivity contribution in [1.82, 2.24) is 0 Å². The predicted molar refractivity (Wildman–Crippen MR) is 79.8 cm³/mol. The third-order valence-corrected chi connectivity index (χ3v) is 3.77. The molecule has 0 fully saturated rings. The van der Waals surface area contributed by atoms with Crippen LogP contribution in [-0.2, 0) is 9.68 Å². The zero-order valence-corrected chi connectivity index (χ0v) is 13.7. The molecular formula is C16H33NO3. The fraction of sp³-hybridized carbons (Fsp3) is 0.938. The molecule has 0 aliphatic carbocycles. The number of quaternary nitrogens is 1. The quantitative estimate of drug-likeness (QED) is 0.226. The second-order valence-electron chi connectivity index (χ2n) is 6.45. The molecule has 0 aliphatic heterocycles. The first-order valence-corrected chi connectivity index (χ1v) is 8.16. The van der Waals surface area contributed by atoms with Gasteiger partial charge < -0.3 is 14.6 Å². The van der Waals surface area contributed by atoms with E-state index in [1.807, 2.05) is 14.1 Å². The monoisotopic (exact) mass is 287 g/mol. The lowest BCUT2D eigenvalue weighted by Gasteiger charge is -2.29. The van der Waals surface area contributed by atoms with Gasteiger partial charge in [0.05, 0.1) is 20.6 Å². The maximum Gasteiger partial charge on any atom is 0.355 e. The molecule has 0 atom stereocenters. The largest absolute Gasteiger partial charge is 0.661 e. The molecule has 0 aromatic carbocycles. The minimum Gasteiger partial charge on any atom is -0.661 e. The van der Waals surface area contributed by atoms with Gasteiger partial charge in [0, 0.05) is 0 Å². The highest BCUT2D eigenvalue weighted by Gasteiger charge is 2.18. The fourth-order valence-corrected chi connectivity index (χ4v) is 2.48. The lowest BCUT2D eigenvalue weighted by atomic mass is 10.1. The summed E-state index contributed by atoms with van der Waals surface area (Å²) in [5.41, 5.74) is 0. The van der Waals surface area contributed by atoms with Crippen molar-refractivity contribution >= 4 is 5.97 Å². The topological polar surface area (TPSA) is 49.4 Å². The lowest BCUT2D eigenvalue weighted by molar-refractivity contribution is -0.885. The van der Waals surface area contributed by atoms with Crippen molar-refractivity contribution < 1.29 is 19.4 Å². The molecule has 120 valence electrons. The number of nitrogens with zero attached hydrogens (tertiary/aromatic N) is 1. The van der Waals surface area contributed by atoms with Gasteiger partial charge >= 0.3 is 5.97 Å². The van der Waals surface area contributed by atoms with Gasteiger partial charge in [0.15, 0.2) is 6.54 Å². The van der Waals surface area contributed by atoms with Gasteiger partial charge in [-0.15, -0.1) is 0 Å². The molecule has 0 spiro atoms. The summed E-state index contributed by atoms with van der Waals surface area (Å²) in [6.07, 6.45) is 13.1. The van der Waals surface area contributed by atoms with Crippen molar-refractivity contribution in [3.63, 3.8) is 0 Å². The highest BCUT2D eigenvalue weighted by molar-refractivity contribution is 5.69. The Balaban J connectivity index is 3.36. The van der Waals surface area contributed by atoms with Crippen LogP contribution in [0.2, 0.25) is 0 Å². The van der Waals surface area contributed by atoms with Crippen LogP contribution in [0.1, 0.15) is 71.1 Å². The van der Waals surface area contributed by atoms with Crippen LogP contribution in [0.3, 0.4) is 0 Å². The molecule has 0 aromatic rings. The molecule has 0 saturated carbocycles. The van der Waals surface area contributed by atoms with Gasteiger partial charge in [-0.05, 0) is 12.8 Å². The van der Waals surface area contributed by atoms with E-state index in [2.05, 4.69) is 11.8 Å². The van der Waals surface area contributed by atoms with Gasteiger partial charge in [0.2, 0.25) is 0 Å². The minimum absolute atomic E-state index is 0.168. The van der Waals surface area contributed by atoms with Gasteiger partial charge in [-0.1, -0.05) is 58.3 Å². The normalized spacial score (nSPS) is 11.6. The van der Waals surface area contributed by atoms with Crippen molar-refractivity contribution in [2.24, 2.45) is 0 Å². The van der Waals surface area contributed by atoms with Crippen LogP contribution in [-0.4, -0.2) is 37.6 Å². The van der Waals surface area contributed by atoms with Gasteiger partial charge in [0.1, 0.15) is 0 Å². The van der Waals surface area contributed by atoms with Crippen LogP contribution in [0.4, 0.5) is 0 Å². The Morgan fingerprint density at radius 2 is 1.35 bits per heavy atom. The maximum atomic E-state index is 11.0. The molecule has 4 heteroatoms. The molecule has 0 bridgehead atoms. The van der Waals surface area contributed by atoms with Crippen molar-refractivity contribution in [2.75, 3.05) is 27.2 Å². The number of unbranched alkanes of at least 4 members (excludes halogenated alkanes) is 9. The van der Waals surface area contributed by atoms with Crippen LogP contribution in [0.25, 0.3) is 0 Å². The first-order chi connectivity index (χ1) is 9.52. The predicted octanol–water partition coefficient (Wildman–Crippen LogP) is 2.80. The highest BCUT2D eigenvalue weighted by Crippen LogP contribution is 2.11. The van der Waals surface area contributed by atoms with E-state index in [-0.39, 0.29) is 6.54 Å². The van der Waals surface area contributed by atoms with E-state index in [1.165, 1.54) is 57.8 Å². The highest BCUT2D eigenvalue weighted by atomic mass is 17.1. The van der Waals surface area contributed by atoms with Gasteiger partial charge in [0.25, 0.3) is 0 Å². The Morgan fingerprint density at radius 1 is 0.900 bits per heavy atom. The Morgan fingerprint density at radius 3 is 1.80 bits per heavy atom. The molecule has 20 heavy (non-hydrogen) atoms. The van der Waals surface area contributed by atoms with Crippen LogP contribution in [0.15, 0.2) is 0 Å². The van der Waals surface area contributed by atoms with Gasteiger partial charge in [-0.25, -0.2) is 4.79 Å². The number of likely N-dealkylation sites (N-methyl/N-ethyl adjacent to an activating group) is 1. The summed E-state index contributed by atoms with van der Waals surface area (Å²) in [6, 6.07) is 0. The molecule has 0 N–H and O–H groups in total. The number of rotatable bonds is 13. The van der Waals surface area contributed by atoms with E-state index in [0.717, 1.165) is 13.0 Å². The van der Waals surface area contributed by atoms with Crippen molar-refractivity contribution in [2.45, 2.75) is 71.1 Å². The molecule has 0 radical (unpaired) electrons. The van der Waals surface area contributed by atoms with Crippen LogP contribution in [0.5, 0.6) is 0 Å². The van der Waals surface area contributed by atoms with Crippen molar-refractivity contribution in [1.29, 1.82) is 0 Å². The van der Waals surface area contributed by atoms with E-state index in [1.54, 1.807) is 0 Å². The first-order valence-electron chi connectivity index (χ1n) is 8.16. The lowest BCUT2D eigenvalue weighted by Crippen LogP contribution is -2.45. The summed E-state index contributed by atoms with van der Waals surface area (Å²) >= 11 is 0. The van der Waals surface area contributed by atoms with E-state index in [0.29, 0.717) is 4.48 Å². The summed E-state index contributed by atoms with van der Waals surface area (Å²) in [7, 11) is 3.93. The Kier molecular flexibility index (Phi) is 11.8. The third-order valence-electron chi connectivity index (χ3n) is 3.77. The Bertz CT molecular complexity index is 242. The number of carbonyl (C=O) groups excluding carboxylic acids is 1. The average molecular weight is 287 g/mol. The summed E-state index contributed by atoms with van der Waals surface area (Å²) in [4.78, 5) is 14.4. The van der Waals surface area contributed by atoms with E-state index >= 15 is 0 Å². The molecule has 4 nitrogen and oxygen atoms in total. The van der Waals surface area contributed by atoms with Crippen LogP contribution in [0, 0.1) is 0 Å². The minimum atomic E-state index is -0.665. The van der Waals surface area contributed by atoms with E-state index in [9.17, 15) is 10.1 Å². The van der Waals surface area contributed by atoms with Crippen LogP contribution >= 0.6 is 0 Å². The number of hydrogen-bond acceptors (Lipinski definition) is 3. The summed E-state index contributed by atoms with van der Waals surface area (Å²) in [5.74, 6) is -0.665. The summed E-state index contributed by atoms with van der Waals surface area (Å²) in [6.45, 7) is 3.34. The molecule has 0 heterocycles. The van der Waals surface area contributed by atoms with E-state index in [4.69, 9.17) is 0 Å². The molecule has 0 aliphatic rings. The van der Waals surface area contributed by atoms with Crippen molar-refractivity contribution in [3.8, 4) is 0 Å². The molecule has 0 rings (SSSR count). The molecular weight excluding hydrogens is 254 g/mol. The average Bonchev–Trinajstić information content (AvgIpc) is 2.40. The Hall–Kier alpha value is -0.610. The van der Waals surface area contributed by atoms with Gasteiger partial charge in [-0.3, -0.25) is 0 Å². The summed E-state index contributed by atoms with van der Waals surface area (Å²) in [5, 5.41) is 9.99. The van der Waals surface area contributed by atoms with Gasteiger partial charge in [-0.2, -0.15) is 0 Å². The van der Waals surface area contributed by atoms with E-state index < -0.39 is 5.97 Å². The number of carbonyl (C=O) groups is 1. The number of hydrogen-bond donors (Lipinski definition) is 0. The SMILES string of the molecule is CCCCCCCCCCCC[N+](C)(C)CC(=O)O[O-]. The molecule has 0 amide bonds. The van der Waals surface area contributed by atoms with Crippen molar-refractivity contribution in [3.05, 3.63) is 0 Å². The van der Waals surface area contributed by atoms with Crippen LogP contribution < -0.4 is 5.26 Å². The second kappa shape index (κ2) is 12.2. The summed E-state index contributed by atoms with van der Waals surface area (Å²) < 4.78 is 0.540. The first kappa shape index (κ1) is 19.4. The standard InChI is InChI=1S/C16H33NO3/c1-4-5-6-7-8-9-10-11-12-13-14-17(2,3)15-16(18)20-19/h4-15H2,1-3H3. The molecule has 0 unspecified atom stereocenters. The zero-order chi connectivity index (χ0) is 15.3.